The van der Waals surface area contributed by atoms with Crippen LogP contribution in [0.15, 0.2) is 72.4 Å². The van der Waals surface area contributed by atoms with Gasteiger partial charge in [-0.25, -0.2) is 9.78 Å². The second kappa shape index (κ2) is 12.9. The minimum Gasteiger partial charge on any atom is -0.457 e. The van der Waals surface area contributed by atoms with Crippen molar-refractivity contribution < 1.29 is 23.9 Å². The molecule has 2 aromatic heterocycles. The minimum absolute atomic E-state index is 0.00257. The molecule has 2 aliphatic rings. The summed E-state index contributed by atoms with van der Waals surface area (Å²) in [5, 5.41) is 16.3. The first kappa shape index (κ1) is 31.7. The topological polar surface area (TPSA) is 137 Å². The van der Waals surface area contributed by atoms with Crippen LogP contribution in [0.25, 0.3) is 10.2 Å². The van der Waals surface area contributed by atoms with E-state index in [1.54, 1.807) is 35.9 Å². The lowest BCUT2D eigenvalue weighted by atomic mass is 10.0. The Morgan fingerprint density at radius 2 is 1.94 bits per heavy atom. The van der Waals surface area contributed by atoms with E-state index in [0.29, 0.717) is 63.0 Å². The van der Waals surface area contributed by atoms with E-state index in [0.717, 1.165) is 5.56 Å². The number of rotatable bonds is 8. The second-order valence-corrected chi connectivity index (χ2v) is 13.0. The van der Waals surface area contributed by atoms with Gasteiger partial charge in [-0.2, -0.15) is 5.26 Å². The van der Waals surface area contributed by atoms with E-state index in [1.807, 2.05) is 61.5 Å². The number of urea groups is 1. The van der Waals surface area contributed by atoms with Gasteiger partial charge in [0.05, 0.1) is 28.0 Å². The fraction of sp³-hybridized carbons (Fsp3) is 0.286. The third kappa shape index (κ3) is 6.40. The molecule has 6 rings (SSSR count). The van der Waals surface area contributed by atoms with Crippen molar-refractivity contribution in [2.75, 3.05) is 30.4 Å². The van der Waals surface area contributed by atoms with Crippen molar-refractivity contribution in [2.45, 2.75) is 45.3 Å². The lowest BCUT2D eigenvalue weighted by molar-refractivity contribution is -0.128. The van der Waals surface area contributed by atoms with Crippen LogP contribution in [0.2, 0.25) is 0 Å². The molecule has 2 aliphatic heterocycles. The summed E-state index contributed by atoms with van der Waals surface area (Å²) < 4.78 is 11.3. The number of methoxy groups -OCH3 is 1. The van der Waals surface area contributed by atoms with Crippen LogP contribution in [0.1, 0.15) is 41.9 Å². The van der Waals surface area contributed by atoms with Crippen LogP contribution in [-0.2, 0) is 9.53 Å². The number of thiophene rings is 1. The molecule has 0 radical (unpaired) electrons. The Kier molecular flexibility index (Phi) is 8.68. The molecular formula is C35H34N6O5S. The van der Waals surface area contributed by atoms with Crippen LogP contribution in [-0.4, -0.2) is 59.6 Å². The summed E-state index contributed by atoms with van der Waals surface area (Å²) in [5.74, 6) is 0.593. The number of hydrogen-bond acceptors (Lipinski definition) is 8. The Balaban J connectivity index is 1.23. The van der Waals surface area contributed by atoms with Crippen molar-refractivity contribution >= 4 is 56.5 Å². The molecule has 2 N–H and O–H groups in total. The minimum atomic E-state index is -0.779. The van der Waals surface area contributed by atoms with Gasteiger partial charge in [-0.1, -0.05) is 18.2 Å². The fourth-order valence-corrected chi connectivity index (χ4v) is 6.82. The SMILES string of the molecule is COC(C)(C)/C=C(\C#N)C(=O)N1CCC[C@@H](NC(=O)c2sc3nccc4c3c2NC(=O)N4c2ccc(Oc3ccccc3)cc2C)C1. The number of carbonyl (C=O) groups is 3. The summed E-state index contributed by atoms with van der Waals surface area (Å²) in [7, 11) is 1.52. The van der Waals surface area contributed by atoms with Gasteiger partial charge < -0.3 is 25.0 Å². The van der Waals surface area contributed by atoms with Crippen molar-refractivity contribution in [1.29, 1.82) is 5.26 Å². The molecule has 11 nitrogen and oxygen atoms in total. The molecule has 1 atom stereocenters. The standard InChI is InChI=1S/C35H34N6O5S/c1-21-17-25(46-24-10-6-5-7-11-24)12-13-26(21)41-27-14-15-37-32-28(27)29(39-34(41)44)30(47-32)31(42)38-23-9-8-16-40(20-23)33(43)22(19-36)18-35(2,3)45-4/h5-7,10-15,17-18,23H,8-9,16,20H2,1-4H3,(H,38,42)(H,39,44)/b22-18+/t23-/m1/s1. The molecule has 0 aliphatic carbocycles. The summed E-state index contributed by atoms with van der Waals surface area (Å²) >= 11 is 1.20. The number of amides is 4. The maximum Gasteiger partial charge on any atom is 0.331 e. The van der Waals surface area contributed by atoms with Gasteiger partial charge in [-0.15, -0.1) is 11.3 Å². The number of aryl methyl sites for hydroxylation is 1. The first-order valence-electron chi connectivity index (χ1n) is 15.2. The Morgan fingerprint density at radius 3 is 2.66 bits per heavy atom. The van der Waals surface area contributed by atoms with Gasteiger partial charge in [0, 0.05) is 32.4 Å². The van der Waals surface area contributed by atoms with Gasteiger partial charge in [0.25, 0.3) is 11.8 Å². The molecule has 0 saturated carbocycles. The van der Waals surface area contributed by atoms with E-state index < -0.39 is 17.5 Å². The van der Waals surface area contributed by atoms with Crippen LogP contribution >= 0.6 is 11.3 Å². The lowest BCUT2D eigenvalue weighted by Gasteiger charge is -2.33. The van der Waals surface area contributed by atoms with Crippen molar-refractivity contribution in [3.8, 4) is 17.6 Å². The Labute approximate surface area is 276 Å². The smallest absolute Gasteiger partial charge is 0.331 e. The number of likely N-dealkylation sites (tertiary alicyclic amines) is 1. The quantitative estimate of drug-likeness (QED) is 0.160. The normalized spacial score (nSPS) is 16.4. The van der Waals surface area contributed by atoms with E-state index in [4.69, 9.17) is 9.47 Å². The number of piperidine rings is 1. The molecule has 4 heterocycles. The van der Waals surface area contributed by atoms with Crippen LogP contribution in [0.4, 0.5) is 21.9 Å². The molecule has 0 spiro atoms. The predicted molar refractivity (Wildman–Crippen MR) is 180 cm³/mol. The lowest BCUT2D eigenvalue weighted by Crippen LogP contribution is -2.50. The van der Waals surface area contributed by atoms with Gasteiger partial charge in [0.2, 0.25) is 0 Å². The molecule has 47 heavy (non-hydrogen) atoms. The number of carbonyl (C=O) groups excluding carboxylic acids is 3. The molecule has 4 aromatic rings. The monoisotopic (exact) mass is 650 g/mol. The number of hydrogen-bond donors (Lipinski definition) is 2. The summed E-state index contributed by atoms with van der Waals surface area (Å²) in [4.78, 5) is 49.2. The van der Waals surface area contributed by atoms with Gasteiger partial charge >= 0.3 is 6.03 Å². The number of para-hydroxylation sites is 1. The molecule has 4 amide bonds. The molecular weight excluding hydrogens is 616 g/mol. The zero-order valence-electron chi connectivity index (χ0n) is 26.5. The number of nitrogens with zero attached hydrogens (tertiary/aromatic N) is 4. The van der Waals surface area contributed by atoms with Crippen LogP contribution in [0.3, 0.4) is 0 Å². The highest BCUT2D eigenvalue weighted by atomic mass is 32.1. The summed E-state index contributed by atoms with van der Waals surface area (Å²) in [6.07, 6.45) is 4.47. The van der Waals surface area contributed by atoms with Gasteiger partial charge in [0.1, 0.15) is 32.8 Å². The van der Waals surface area contributed by atoms with Gasteiger partial charge in [-0.05, 0) is 81.7 Å². The van der Waals surface area contributed by atoms with Crippen LogP contribution in [0, 0.1) is 18.3 Å². The number of nitriles is 1. The molecule has 12 heteroatoms. The highest BCUT2D eigenvalue weighted by Gasteiger charge is 2.35. The van der Waals surface area contributed by atoms with Crippen molar-refractivity contribution in [1.82, 2.24) is 15.2 Å². The second-order valence-electron chi connectivity index (χ2n) is 12.0. The zero-order chi connectivity index (χ0) is 33.3. The maximum atomic E-state index is 13.7. The van der Waals surface area contributed by atoms with E-state index in [-0.39, 0.29) is 24.1 Å². The Morgan fingerprint density at radius 1 is 1.15 bits per heavy atom. The van der Waals surface area contributed by atoms with Gasteiger partial charge in [-0.3, -0.25) is 14.5 Å². The van der Waals surface area contributed by atoms with Gasteiger partial charge in [0.15, 0.2) is 0 Å². The maximum absolute atomic E-state index is 13.7. The van der Waals surface area contributed by atoms with Crippen molar-refractivity contribution in [2.24, 2.45) is 0 Å². The van der Waals surface area contributed by atoms with Crippen LogP contribution in [0.5, 0.6) is 11.5 Å². The fourth-order valence-electron chi connectivity index (χ4n) is 5.80. The first-order valence-corrected chi connectivity index (χ1v) is 16.0. The molecule has 240 valence electrons. The molecule has 1 saturated heterocycles. The number of nitrogens with one attached hydrogen (secondary N) is 2. The Bertz CT molecular complexity index is 1950. The number of pyridine rings is 1. The molecule has 0 bridgehead atoms. The number of benzene rings is 2. The highest BCUT2D eigenvalue weighted by Crippen LogP contribution is 2.46. The van der Waals surface area contributed by atoms with E-state index in [9.17, 15) is 19.6 Å². The van der Waals surface area contributed by atoms with Crippen molar-refractivity contribution in [3.63, 3.8) is 0 Å². The highest BCUT2D eigenvalue weighted by molar-refractivity contribution is 7.21. The number of anilines is 3. The first-order chi connectivity index (χ1) is 22.6. The van der Waals surface area contributed by atoms with Crippen LogP contribution < -0.4 is 20.3 Å². The third-order valence-corrected chi connectivity index (χ3v) is 9.35. The summed E-state index contributed by atoms with van der Waals surface area (Å²) in [6.45, 7) is 6.18. The third-order valence-electron chi connectivity index (χ3n) is 8.25. The molecule has 1 fully saturated rings. The van der Waals surface area contributed by atoms with E-state index in [2.05, 4.69) is 15.6 Å². The molecule has 2 aromatic carbocycles. The average Bonchev–Trinajstić information content (AvgIpc) is 3.44. The van der Waals surface area contributed by atoms with E-state index in [1.165, 1.54) is 24.5 Å². The summed E-state index contributed by atoms with van der Waals surface area (Å²) in [5.41, 5.74) is 1.74. The summed E-state index contributed by atoms with van der Waals surface area (Å²) in [6, 6.07) is 18.0. The number of ether oxygens (including phenoxy) is 2. The van der Waals surface area contributed by atoms with Crippen molar-refractivity contribution in [3.05, 3.63) is 82.9 Å². The zero-order valence-corrected chi connectivity index (χ0v) is 27.3. The Hall–Kier alpha value is -5.25. The number of aromatic nitrogens is 1. The largest absolute Gasteiger partial charge is 0.457 e. The average molecular weight is 651 g/mol. The van der Waals surface area contributed by atoms with E-state index >= 15 is 0 Å². The predicted octanol–water partition coefficient (Wildman–Crippen LogP) is 6.68. The molecule has 0 unspecified atom stereocenters.